The Bertz CT molecular complexity index is 597. The van der Waals surface area contributed by atoms with E-state index in [2.05, 4.69) is 0 Å². The third kappa shape index (κ3) is 2.23. The number of hydrogen-bond donors (Lipinski definition) is 1. The van der Waals surface area contributed by atoms with Crippen LogP contribution in [0, 0.1) is 23.0 Å². The number of phenols is 1. The summed E-state index contributed by atoms with van der Waals surface area (Å²) in [6.07, 6.45) is 0. The molecule has 0 bridgehead atoms. The van der Waals surface area contributed by atoms with Gasteiger partial charge >= 0.3 is 0 Å². The summed E-state index contributed by atoms with van der Waals surface area (Å²) in [6, 6.07) is 9.08. The molecule has 0 aliphatic rings. The highest BCUT2D eigenvalue weighted by Gasteiger charge is 2.06. The minimum atomic E-state index is -0.688. The lowest BCUT2D eigenvalue weighted by Gasteiger charge is -2.04. The van der Waals surface area contributed by atoms with Crippen LogP contribution in [-0.4, -0.2) is 5.11 Å². The van der Waals surface area contributed by atoms with Crippen molar-refractivity contribution in [3.63, 3.8) is 0 Å². The fourth-order valence-electron chi connectivity index (χ4n) is 1.53. The fraction of sp³-hybridized carbons (Fsp3) is 0. The van der Waals surface area contributed by atoms with Gasteiger partial charge in [-0.3, -0.25) is 0 Å². The number of rotatable bonds is 1. The van der Waals surface area contributed by atoms with Crippen molar-refractivity contribution >= 4 is 0 Å². The third-order valence-corrected chi connectivity index (χ3v) is 2.31. The molecule has 0 spiro atoms. The maximum atomic E-state index is 13.0. The van der Waals surface area contributed by atoms with Gasteiger partial charge in [0.1, 0.15) is 23.5 Å². The van der Waals surface area contributed by atoms with Gasteiger partial charge < -0.3 is 5.11 Å². The zero-order chi connectivity index (χ0) is 12.4. The van der Waals surface area contributed by atoms with Crippen LogP contribution < -0.4 is 0 Å². The number of phenolic OH excluding ortho intramolecular Hbond substituents is 1. The molecule has 0 saturated heterocycles. The van der Waals surface area contributed by atoms with Crippen LogP contribution in [0.4, 0.5) is 8.78 Å². The van der Waals surface area contributed by atoms with Gasteiger partial charge in [-0.25, -0.2) is 8.78 Å². The molecule has 0 atom stereocenters. The van der Waals surface area contributed by atoms with E-state index in [1.807, 2.05) is 0 Å². The number of aromatic hydroxyl groups is 1. The Labute approximate surface area is 96.4 Å². The van der Waals surface area contributed by atoms with Gasteiger partial charge in [0.2, 0.25) is 0 Å². The Morgan fingerprint density at radius 2 is 1.59 bits per heavy atom. The molecule has 2 nitrogen and oxygen atoms in total. The van der Waals surface area contributed by atoms with Crippen molar-refractivity contribution in [1.82, 2.24) is 0 Å². The minimum Gasteiger partial charge on any atom is -0.507 e. The molecule has 0 saturated carbocycles. The van der Waals surface area contributed by atoms with E-state index in [4.69, 9.17) is 5.26 Å². The predicted octanol–water partition coefficient (Wildman–Crippen LogP) is 3.21. The second-order valence-corrected chi connectivity index (χ2v) is 3.50. The quantitative estimate of drug-likeness (QED) is 0.818. The Hall–Kier alpha value is -2.41. The molecule has 0 unspecified atom stereocenters. The summed E-state index contributed by atoms with van der Waals surface area (Å²) in [6.45, 7) is 0. The van der Waals surface area contributed by atoms with Crippen LogP contribution in [0.1, 0.15) is 5.56 Å². The van der Waals surface area contributed by atoms with Crippen LogP contribution in [0.3, 0.4) is 0 Å². The summed E-state index contributed by atoms with van der Waals surface area (Å²) in [5.41, 5.74) is 0.851. The zero-order valence-corrected chi connectivity index (χ0v) is 8.61. The van der Waals surface area contributed by atoms with E-state index in [9.17, 15) is 13.9 Å². The van der Waals surface area contributed by atoms with E-state index in [1.165, 1.54) is 18.2 Å². The molecular formula is C13H7F2NO. The normalized spacial score (nSPS) is 9.94. The summed E-state index contributed by atoms with van der Waals surface area (Å²) in [7, 11) is 0. The van der Waals surface area contributed by atoms with E-state index >= 15 is 0 Å². The maximum Gasteiger partial charge on any atom is 0.133 e. The summed E-state index contributed by atoms with van der Waals surface area (Å²) in [5, 5.41) is 18.1. The first kappa shape index (κ1) is 11.1. The molecule has 84 valence electrons. The molecule has 0 heterocycles. The number of nitriles is 1. The lowest BCUT2D eigenvalue weighted by molar-refractivity contribution is 0.473. The summed E-state index contributed by atoms with van der Waals surface area (Å²) in [4.78, 5) is 0. The van der Waals surface area contributed by atoms with Gasteiger partial charge in [0.25, 0.3) is 0 Å². The highest BCUT2D eigenvalue weighted by molar-refractivity contribution is 5.67. The Kier molecular flexibility index (Phi) is 2.75. The van der Waals surface area contributed by atoms with E-state index in [0.29, 0.717) is 11.1 Å². The van der Waals surface area contributed by atoms with Crippen molar-refractivity contribution in [1.29, 1.82) is 5.26 Å². The van der Waals surface area contributed by atoms with Crippen molar-refractivity contribution in [2.75, 3.05) is 0 Å². The van der Waals surface area contributed by atoms with Crippen molar-refractivity contribution < 1.29 is 13.9 Å². The molecule has 0 aliphatic carbocycles. The van der Waals surface area contributed by atoms with Gasteiger partial charge in [-0.2, -0.15) is 5.26 Å². The second-order valence-electron chi connectivity index (χ2n) is 3.50. The summed E-state index contributed by atoms with van der Waals surface area (Å²) in [5.74, 6) is -1.54. The van der Waals surface area contributed by atoms with E-state index < -0.39 is 11.6 Å². The number of hydrogen-bond acceptors (Lipinski definition) is 2. The first-order valence-electron chi connectivity index (χ1n) is 4.80. The van der Waals surface area contributed by atoms with Gasteiger partial charge in [-0.1, -0.05) is 6.07 Å². The van der Waals surface area contributed by atoms with E-state index in [0.717, 1.165) is 18.2 Å². The van der Waals surface area contributed by atoms with Gasteiger partial charge in [0.15, 0.2) is 0 Å². The number of halogens is 2. The zero-order valence-electron chi connectivity index (χ0n) is 8.61. The standard InChI is InChI=1S/C13H7F2NO/c14-11-4-9(5-12(15)6-11)8-1-2-13(17)10(3-8)7-16/h1-6,17H. The summed E-state index contributed by atoms with van der Waals surface area (Å²) >= 11 is 0. The lowest BCUT2D eigenvalue weighted by atomic mass is 10.0. The fourth-order valence-corrected chi connectivity index (χ4v) is 1.53. The van der Waals surface area contributed by atoms with E-state index in [-0.39, 0.29) is 11.3 Å². The molecule has 2 aromatic carbocycles. The average Bonchev–Trinajstić information content (AvgIpc) is 2.28. The average molecular weight is 231 g/mol. The SMILES string of the molecule is N#Cc1cc(-c2cc(F)cc(F)c2)ccc1O. The largest absolute Gasteiger partial charge is 0.507 e. The monoisotopic (exact) mass is 231 g/mol. The van der Waals surface area contributed by atoms with Gasteiger partial charge in [0.05, 0.1) is 5.56 Å². The smallest absolute Gasteiger partial charge is 0.133 e. The van der Waals surface area contributed by atoms with Gasteiger partial charge in [-0.15, -0.1) is 0 Å². The van der Waals surface area contributed by atoms with Gasteiger partial charge in [-0.05, 0) is 35.4 Å². The van der Waals surface area contributed by atoms with Crippen molar-refractivity contribution in [2.45, 2.75) is 0 Å². The Morgan fingerprint density at radius 1 is 0.941 bits per heavy atom. The maximum absolute atomic E-state index is 13.0. The van der Waals surface area contributed by atoms with Crippen LogP contribution in [0.15, 0.2) is 36.4 Å². The first-order chi connectivity index (χ1) is 8.10. The number of benzene rings is 2. The van der Waals surface area contributed by atoms with E-state index in [1.54, 1.807) is 6.07 Å². The van der Waals surface area contributed by atoms with Crippen molar-refractivity contribution in [2.24, 2.45) is 0 Å². The number of nitrogens with zero attached hydrogens (tertiary/aromatic N) is 1. The molecule has 1 N–H and O–H groups in total. The van der Waals surface area contributed by atoms with Gasteiger partial charge in [0, 0.05) is 6.07 Å². The molecule has 4 heteroatoms. The highest BCUT2D eigenvalue weighted by Crippen LogP contribution is 2.26. The molecule has 0 aromatic heterocycles. The molecule has 0 amide bonds. The van der Waals surface area contributed by atoms with Crippen LogP contribution in [0.2, 0.25) is 0 Å². The summed E-state index contributed by atoms with van der Waals surface area (Å²) < 4.78 is 26.0. The third-order valence-electron chi connectivity index (χ3n) is 2.31. The molecule has 17 heavy (non-hydrogen) atoms. The van der Waals surface area contributed by atoms with Crippen molar-refractivity contribution in [3.05, 3.63) is 53.6 Å². The second kappa shape index (κ2) is 4.22. The molecule has 2 aromatic rings. The minimum absolute atomic E-state index is 0.0622. The molecular weight excluding hydrogens is 224 g/mol. The Balaban J connectivity index is 2.57. The van der Waals surface area contributed by atoms with Crippen LogP contribution in [0.25, 0.3) is 11.1 Å². The molecule has 2 rings (SSSR count). The lowest BCUT2D eigenvalue weighted by Crippen LogP contribution is -1.85. The molecule has 0 aliphatic heterocycles. The van der Waals surface area contributed by atoms with Crippen LogP contribution in [0.5, 0.6) is 5.75 Å². The first-order valence-corrected chi connectivity index (χ1v) is 4.80. The van der Waals surface area contributed by atoms with Crippen LogP contribution in [-0.2, 0) is 0 Å². The van der Waals surface area contributed by atoms with Crippen molar-refractivity contribution in [3.8, 4) is 22.9 Å². The Morgan fingerprint density at radius 3 is 2.18 bits per heavy atom. The highest BCUT2D eigenvalue weighted by atomic mass is 19.1. The molecule has 0 fully saturated rings. The molecule has 0 radical (unpaired) electrons. The van der Waals surface area contributed by atoms with Crippen LogP contribution >= 0.6 is 0 Å². The topological polar surface area (TPSA) is 44.0 Å². The predicted molar refractivity (Wildman–Crippen MR) is 58.2 cm³/mol.